The molecule has 0 aliphatic carbocycles. The summed E-state index contributed by atoms with van der Waals surface area (Å²) < 4.78 is 5.79. The number of Topliss-reactive ketones (excluding diaryl/α,β-unsaturated/α-hetero) is 1. The molecule has 0 radical (unpaired) electrons. The number of carbonyl (C=O) groups is 2. The van der Waals surface area contributed by atoms with E-state index in [0.29, 0.717) is 17.9 Å². The molecule has 4 aromatic carbocycles. The third kappa shape index (κ3) is 5.59. The molecule has 1 fully saturated rings. The minimum Gasteiger partial charge on any atom is -0.507 e. The topological polar surface area (TPSA) is 78.9 Å². The monoisotopic (exact) mass is 546 g/mol. The highest BCUT2D eigenvalue weighted by atomic mass is 16.5. The second-order valence-corrected chi connectivity index (χ2v) is 10.5. The van der Waals surface area contributed by atoms with Gasteiger partial charge in [0.05, 0.1) is 18.2 Å². The van der Waals surface area contributed by atoms with Crippen molar-refractivity contribution in [1.82, 2.24) is 0 Å². The second kappa shape index (κ2) is 11.7. The van der Waals surface area contributed by atoms with Gasteiger partial charge in [0.2, 0.25) is 0 Å². The maximum atomic E-state index is 13.6. The molecule has 1 aliphatic rings. The van der Waals surface area contributed by atoms with Crippen molar-refractivity contribution < 1.29 is 19.4 Å². The number of rotatable bonds is 8. The highest BCUT2D eigenvalue weighted by molar-refractivity contribution is 6.51. The number of hydrogen-bond donors (Lipinski definition) is 2. The predicted molar refractivity (Wildman–Crippen MR) is 164 cm³/mol. The lowest BCUT2D eigenvalue weighted by Crippen LogP contribution is -2.29. The third-order valence-electron chi connectivity index (χ3n) is 7.22. The molecular formula is C35H34N2O4. The van der Waals surface area contributed by atoms with E-state index in [1.165, 1.54) is 4.90 Å². The first-order valence-corrected chi connectivity index (χ1v) is 13.8. The zero-order chi connectivity index (χ0) is 29.1. The second-order valence-electron chi connectivity index (χ2n) is 10.5. The van der Waals surface area contributed by atoms with Gasteiger partial charge in [0.25, 0.3) is 11.7 Å². The summed E-state index contributed by atoms with van der Waals surface area (Å²) in [6.45, 7) is 8.49. The number of ether oxygens (including phenoxy) is 1. The largest absolute Gasteiger partial charge is 0.507 e. The van der Waals surface area contributed by atoms with Crippen molar-refractivity contribution >= 4 is 34.5 Å². The zero-order valence-electron chi connectivity index (χ0n) is 23.7. The van der Waals surface area contributed by atoms with Crippen molar-refractivity contribution in [2.75, 3.05) is 16.8 Å². The van der Waals surface area contributed by atoms with Gasteiger partial charge in [-0.25, -0.2) is 0 Å². The normalized spacial score (nSPS) is 16.3. The molecule has 208 valence electrons. The SMILES string of the molecule is CCOc1ccc(/C(O)=C2/C(=O)C(=O)N(c3ccc(Nc4ccccc4)cc3)C2c2cccc(C)c2)cc1C(C)C. The minimum absolute atomic E-state index is 0.0611. The number of amides is 1. The van der Waals surface area contributed by atoms with Gasteiger partial charge in [0, 0.05) is 22.6 Å². The Morgan fingerprint density at radius 1 is 0.902 bits per heavy atom. The summed E-state index contributed by atoms with van der Waals surface area (Å²) in [5, 5.41) is 15.0. The predicted octanol–water partition coefficient (Wildman–Crippen LogP) is 7.89. The van der Waals surface area contributed by atoms with Crippen molar-refractivity contribution in [3.8, 4) is 5.75 Å². The first kappa shape index (κ1) is 27.7. The number of aliphatic hydroxyl groups is 1. The fourth-order valence-corrected chi connectivity index (χ4v) is 5.24. The summed E-state index contributed by atoms with van der Waals surface area (Å²) in [4.78, 5) is 28.7. The molecule has 6 nitrogen and oxygen atoms in total. The van der Waals surface area contributed by atoms with Crippen molar-refractivity contribution in [2.24, 2.45) is 0 Å². The van der Waals surface area contributed by atoms with Crippen molar-refractivity contribution in [3.63, 3.8) is 0 Å². The Morgan fingerprint density at radius 3 is 2.27 bits per heavy atom. The Balaban J connectivity index is 1.60. The molecule has 6 heteroatoms. The Kier molecular flexibility index (Phi) is 7.92. The molecule has 0 saturated carbocycles. The van der Waals surface area contributed by atoms with E-state index >= 15 is 0 Å². The van der Waals surface area contributed by atoms with Gasteiger partial charge in [-0.3, -0.25) is 14.5 Å². The zero-order valence-corrected chi connectivity index (χ0v) is 23.7. The molecule has 2 N–H and O–H groups in total. The lowest BCUT2D eigenvalue weighted by Gasteiger charge is -2.26. The molecule has 1 unspecified atom stereocenters. The molecule has 4 aromatic rings. The van der Waals surface area contributed by atoms with Gasteiger partial charge in [0.1, 0.15) is 11.5 Å². The number of aliphatic hydroxyl groups excluding tert-OH is 1. The summed E-state index contributed by atoms with van der Waals surface area (Å²) in [6, 6.07) is 29.4. The number of hydrogen-bond acceptors (Lipinski definition) is 5. The molecule has 0 spiro atoms. The van der Waals surface area contributed by atoms with Crippen LogP contribution in [-0.4, -0.2) is 23.4 Å². The molecule has 1 aliphatic heterocycles. The number of nitrogens with one attached hydrogen (secondary N) is 1. The smallest absolute Gasteiger partial charge is 0.300 e. The van der Waals surface area contributed by atoms with Crippen LogP contribution in [0.3, 0.4) is 0 Å². The quantitative estimate of drug-likeness (QED) is 0.133. The van der Waals surface area contributed by atoms with Gasteiger partial charge in [0.15, 0.2) is 0 Å². The van der Waals surface area contributed by atoms with Crippen LogP contribution >= 0.6 is 0 Å². The number of ketones is 1. The first-order chi connectivity index (χ1) is 19.8. The van der Waals surface area contributed by atoms with Crippen molar-refractivity contribution in [3.05, 3.63) is 125 Å². The van der Waals surface area contributed by atoms with Crippen LogP contribution in [-0.2, 0) is 9.59 Å². The number of anilines is 3. The van der Waals surface area contributed by atoms with E-state index in [0.717, 1.165) is 33.8 Å². The van der Waals surface area contributed by atoms with Gasteiger partial charge in [-0.1, -0.05) is 61.9 Å². The van der Waals surface area contributed by atoms with E-state index < -0.39 is 17.7 Å². The first-order valence-electron chi connectivity index (χ1n) is 13.8. The lowest BCUT2D eigenvalue weighted by molar-refractivity contribution is -0.132. The lowest BCUT2D eigenvalue weighted by atomic mass is 9.92. The van der Waals surface area contributed by atoms with E-state index in [4.69, 9.17) is 4.74 Å². The highest BCUT2D eigenvalue weighted by Gasteiger charge is 2.47. The molecule has 41 heavy (non-hydrogen) atoms. The number of nitrogens with zero attached hydrogens (tertiary/aromatic N) is 1. The van der Waals surface area contributed by atoms with Crippen LogP contribution in [0.1, 0.15) is 55.0 Å². The maximum Gasteiger partial charge on any atom is 0.300 e. The summed E-state index contributed by atoms with van der Waals surface area (Å²) in [5.74, 6) is -0.747. The van der Waals surface area contributed by atoms with Crippen LogP contribution in [0.2, 0.25) is 0 Å². The van der Waals surface area contributed by atoms with Crippen LogP contribution in [0.4, 0.5) is 17.1 Å². The number of aryl methyl sites for hydroxylation is 1. The molecule has 5 rings (SSSR count). The third-order valence-corrected chi connectivity index (χ3v) is 7.22. The summed E-state index contributed by atoms with van der Waals surface area (Å²) in [6.07, 6.45) is 0. The Bertz CT molecular complexity index is 1610. The average Bonchev–Trinajstić information content (AvgIpc) is 3.24. The van der Waals surface area contributed by atoms with Crippen molar-refractivity contribution in [1.29, 1.82) is 0 Å². The standard InChI is InChI=1S/C35H34N2O4/c1-5-41-30-19-14-25(21-29(30)22(2)3)33(38)31-32(24-11-9-10-23(4)20-24)37(35(40)34(31)39)28-17-15-27(16-18-28)36-26-12-7-6-8-13-26/h6-22,32,36,38H,5H2,1-4H3/b33-31-. The molecular weight excluding hydrogens is 512 g/mol. The summed E-state index contributed by atoms with van der Waals surface area (Å²) in [7, 11) is 0. The van der Waals surface area contributed by atoms with Gasteiger partial charge in [-0.2, -0.15) is 0 Å². The van der Waals surface area contributed by atoms with E-state index in [2.05, 4.69) is 5.32 Å². The van der Waals surface area contributed by atoms with Gasteiger partial charge < -0.3 is 15.2 Å². The Labute approximate surface area is 240 Å². The fraction of sp³-hybridized carbons (Fsp3) is 0.200. The average molecular weight is 547 g/mol. The molecule has 1 amide bonds. The van der Waals surface area contributed by atoms with Crippen LogP contribution in [0, 0.1) is 6.92 Å². The molecule has 1 saturated heterocycles. The summed E-state index contributed by atoms with van der Waals surface area (Å²) in [5.41, 5.74) is 5.52. The van der Waals surface area contributed by atoms with Gasteiger partial charge >= 0.3 is 0 Å². The minimum atomic E-state index is -0.795. The molecule has 1 atom stereocenters. The van der Waals surface area contributed by atoms with E-state index in [1.54, 1.807) is 6.07 Å². The van der Waals surface area contributed by atoms with E-state index in [1.807, 2.05) is 119 Å². The molecule has 1 heterocycles. The molecule has 0 aromatic heterocycles. The Hall–Kier alpha value is -4.84. The van der Waals surface area contributed by atoms with Crippen LogP contribution in [0.15, 0.2) is 103 Å². The number of benzene rings is 4. The van der Waals surface area contributed by atoms with Crippen molar-refractivity contribution in [2.45, 2.75) is 39.7 Å². The van der Waals surface area contributed by atoms with Gasteiger partial charge in [-0.05, 0) is 85.5 Å². The van der Waals surface area contributed by atoms with Crippen LogP contribution in [0.5, 0.6) is 5.75 Å². The van der Waals surface area contributed by atoms with Crippen LogP contribution in [0.25, 0.3) is 5.76 Å². The summed E-state index contributed by atoms with van der Waals surface area (Å²) >= 11 is 0. The van der Waals surface area contributed by atoms with Gasteiger partial charge in [-0.15, -0.1) is 0 Å². The number of carbonyl (C=O) groups excluding carboxylic acids is 2. The molecule has 0 bridgehead atoms. The van der Waals surface area contributed by atoms with E-state index in [-0.39, 0.29) is 17.3 Å². The fourth-order valence-electron chi connectivity index (χ4n) is 5.24. The van der Waals surface area contributed by atoms with E-state index in [9.17, 15) is 14.7 Å². The highest BCUT2D eigenvalue weighted by Crippen LogP contribution is 2.43. The maximum absolute atomic E-state index is 13.6. The number of para-hydroxylation sites is 1. The Morgan fingerprint density at radius 2 is 1.61 bits per heavy atom. The van der Waals surface area contributed by atoms with Crippen LogP contribution < -0.4 is 15.0 Å².